The van der Waals surface area contributed by atoms with E-state index < -0.39 is 62.3 Å². The molecule has 0 aliphatic carbocycles. The Morgan fingerprint density at radius 3 is 2.37 bits per heavy atom. The van der Waals surface area contributed by atoms with Gasteiger partial charge in [-0.1, -0.05) is 13.8 Å². The van der Waals surface area contributed by atoms with E-state index in [0.29, 0.717) is 12.8 Å². The van der Waals surface area contributed by atoms with Crippen molar-refractivity contribution in [3.63, 3.8) is 0 Å². The monoisotopic (exact) mass is 452 g/mol. The third-order valence-electron chi connectivity index (χ3n) is 4.99. The molecule has 0 spiro atoms. The lowest BCUT2D eigenvalue weighted by Gasteiger charge is -2.25. The van der Waals surface area contributed by atoms with E-state index in [1.807, 2.05) is 18.8 Å². The molecule has 0 bridgehead atoms. The number of aromatic nitrogens is 2. The zero-order valence-electron chi connectivity index (χ0n) is 17.5. The molecule has 12 heteroatoms. The molecule has 30 heavy (non-hydrogen) atoms. The summed E-state index contributed by atoms with van der Waals surface area (Å²) >= 11 is 0. The molecule has 1 aromatic rings. The smallest absolute Gasteiger partial charge is 0.388 e. The van der Waals surface area contributed by atoms with Crippen LogP contribution in [-0.4, -0.2) is 52.4 Å². The molecule has 172 valence electrons. The van der Waals surface area contributed by atoms with Crippen LogP contribution >= 0.6 is 7.82 Å². The number of aromatic amines is 1. The summed E-state index contributed by atoms with van der Waals surface area (Å²) in [6, 6.07) is 1.08. The molecule has 1 saturated heterocycles. The van der Waals surface area contributed by atoms with Crippen LogP contribution in [-0.2, 0) is 22.9 Å². The lowest BCUT2D eigenvalue weighted by molar-refractivity contribution is -0.0569. The van der Waals surface area contributed by atoms with Crippen molar-refractivity contribution in [1.82, 2.24) is 9.55 Å². The largest absolute Gasteiger partial charge is 0.475 e. The fraction of sp³-hybridized carbons (Fsp3) is 0.778. The van der Waals surface area contributed by atoms with Crippen LogP contribution in [0.15, 0.2) is 21.9 Å². The van der Waals surface area contributed by atoms with Crippen molar-refractivity contribution >= 4 is 7.82 Å². The number of hydrogen-bond acceptors (Lipinski definition) is 8. The molecule has 0 aromatic carbocycles. The van der Waals surface area contributed by atoms with Crippen LogP contribution in [0.5, 0.6) is 0 Å². The summed E-state index contributed by atoms with van der Waals surface area (Å²) in [6.45, 7) is 5.78. The Kier molecular flexibility index (Phi) is 8.96. The Hall–Kier alpha value is -1.36. The third kappa shape index (κ3) is 6.09. The van der Waals surface area contributed by atoms with Crippen molar-refractivity contribution in [1.29, 1.82) is 0 Å². The van der Waals surface area contributed by atoms with E-state index in [4.69, 9.17) is 18.3 Å². The second kappa shape index (κ2) is 10.8. The first kappa shape index (κ1) is 24.9. The van der Waals surface area contributed by atoms with Crippen molar-refractivity contribution in [2.24, 2.45) is 5.92 Å². The molecule has 0 radical (unpaired) electrons. The van der Waals surface area contributed by atoms with Crippen LogP contribution in [0.1, 0.15) is 46.8 Å². The maximum Gasteiger partial charge on any atom is 0.475 e. The number of phosphoric acid groups is 1. The van der Waals surface area contributed by atoms with Crippen LogP contribution in [0.2, 0.25) is 0 Å². The van der Waals surface area contributed by atoms with Crippen LogP contribution in [0.4, 0.5) is 4.39 Å². The topological polar surface area (TPSA) is 129 Å². The molecule has 2 rings (SSSR count). The number of hydrogen-bond donors (Lipinski definition) is 2. The van der Waals surface area contributed by atoms with Crippen molar-refractivity contribution in [3.8, 4) is 0 Å². The number of halogens is 1. The maximum absolute atomic E-state index is 13.6. The molecule has 1 aromatic heterocycles. The summed E-state index contributed by atoms with van der Waals surface area (Å²) in [7, 11) is -3.98. The minimum absolute atomic E-state index is 0.385. The van der Waals surface area contributed by atoms with E-state index in [9.17, 15) is 23.7 Å². The summed E-state index contributed by atoms with van der Waals surface area (Å²) < 4.78 is 49.6. The SMILES string of the molecule is CC[C@@H](C)OP(=O)(OC[C@H]1O[C@@H](n2ccc(=O)[nH]c2=O)[C@H](O)[C@@H]1CF)O[C@H](C)CC. The Labute approximate surface area is 173 Å². The van der Waals surface area contributed by atoms with Gasteiger partial charge in [0.25, 0.3) is 5.56 Å². The number of nitrogens with one attached hydrogen (secondary N) is 1. The van der Waals surface area contributed by atoms with E-state index in [1.165, 1.54) is 0 Å². The zero-order valence-corrected chi connectivity index (χ0v) is 18.4. The molecule has 0 saturated carbocycles. The molecule has 6 atom stereocenters. The van der Waals surface area contributed by atoms with Gasteiger partial charge < -0.3 is 9.84 Å². The molecule has 10 nitrogen and oxygen atoms in total. The van der Waals surface area contributed by atoms with Gasteiger partial charge in [-0.2, -0.15) is 0 Å². The van der Waals surface area contributed by atoms with Crippen LogP contribution < -0.4 is 11.2 Å². The van der Waals surface area contributed by atoms with Gasteiger partial charge in [-0.25, -0.2) is 9.36 Å². The molecule has 0 amide bonds. The Bertz CT molecular complexity index is 830. The summed E-state index contributed by atoms with van der Waals surface area (Å²) in [5.41, 5.74) is -1.42. The van der Waals surface area contributed by atoms with Crippen LogP contribution in [0.25, 0.3) is 0 Å². The van der Waals surface area contributed by atoms with Crippen molar-refractivity contribution < 1.29 is 32.4 Å². The number of alkyl halides is 1. The minimum atomic E-state index is -3.98. The van der Waals surface area contributed by atoms with Crippen LogP contribution in [0.3, 0.4) is 0 Å². The lowest BCUT2D eigenvalue weighted by atomic mass is 10.00. The van der Waals surface area contributed by atoms with Gasteiger partial charge in [0, 0.05) is 18.2 Å². The average molecular weight is 452 g/mol. The van der Waals surface area contributed by atoms with Crippen molar-refractivity contribution in [2.75, 3.05) is 13.3 Å². The normalized spacial score (nSPS) is 26.6. The summed E-state index contributed by atoms with van der Waals surface area (Å²) in [4.78, 5) is 25.3. The van der Waals surface area contributed by atoms with Gasteiger partial charge in [0.1, 0.15) is 6.10 Å². The maximum atomic E-state index is 13.6. The number of aliphatic hydroxyl groups excluding tert-OH is 1. The summed E-state index contributed by atoms with van der Waals surface area (Å²) in [6.07, 6.45) is -2.18. The lowest BCUT2D eigenvalue weighted by Crippen LogP contribution is -2.36. The van der Waals surface area contributed by atoms with Gasteiger partial charge in [0.05, 0.1) is 31.6 Å². The number of aliphatic hydroxyl groups is 1. The first-order chi connectivity index (χ1) is 14.1. The fourth-order valence-corrected chi connectivity index (χ4v) is 4.52. The summed E-state index contributed by atoms with van der Waals surface area (Å²) in [5, 5.41) is 10.5. The molecule has 1 fully saturated rings. The molecule has 1 aliphatic heterocycles. The third-order valence-corrected chi connectivity index (χ3v) is 6.69. The van der Waals surface area contributed by atoms with E-state index >= 15 is 0 Å². The van der Waals surface area contributed by atoms with E-state index in [0.717, 1.165) is 16.8 Å². The Morgan fingerprint density at radius 2 is 1.87 bits per heavy atom. The van der Waals surface area contributed by atoms with Gasteiger partial charge in [0.2, 0.25) is 0 Å². The number of rotatable bonds is 11. The molecular formula is C18H30FN2O8P. The zero-order chi connectivity index (χ0) is 22.5. The summed E-state index contributed by atoms with van der Waals surface area (Å²) in [5.74, 6) is -1.05. The predicted octanol–water partition coefficient (Wildman–Crippen LogP) is 2.14. The number of nitrogens with zero attached hydrogens (tertiary/aromatic N) is 1. The minimum Gasteiger partial charge on any atom is -0.388 e. The van der Waals surface area contributed by atoms with Gasteiger partial charge in [-0.15, -0.1) is 0 Å². The molecule has 2 heterocycles. The molecule has 0 unspecified atom stereocenters. The first-order valence-corrected chi connectivity index (χ1v) is 11.4. The van der Waals surface area contributed by atoms with E-state index in [-0.39, 0.29) is 6.61 Å². The standard InChI is InChI=1S/C18H30FN2O8P/c1-5-11(3)28-30(25,29-12(4)6-2)26-10-14-13(9-19)16(23)17(27-14)21-8-7-15(22)20-18(21)24/h7-8,11-14,16-17,23H,5-6,9-10H2,1-4H3,(H,20,22,24)/t11-,12-,13-,14-,16-,17-/m1/s1. The van der Waals surface area contributed by atoms with Gasteiger partial charge in [-0.3, -0.25) is 32.3 Å². The highest BCUT2D eigenvalue weighted by Gasteiger charge is 2.46. The highest BCUT2D eigenvalue weighted by atomic mass is 31.2. The second-order valence-corrected chi connectivity index (χ2v) is 8.86. The predicted molar refractivity (Wildman–Crippen MR) is 106 cm³/mol. The average Bonchev–Trinajstić information content (AvgIpc) is 3.01. The van der Waals surface area contributed by atoms with Gasteiger partial charge in [-0.05, 0) is 26.7 Å². The van der Waals surface area contributed by atoms with Gasteiger partial charge >= 0.3 is 13.5 Å². The number of phosphoric ester groups is 1. The molecule has 1 aliphatic rings. The van der Waals surface area contributed by atoms with Crippen molar-refractivity contribution in [3.05, 3.63) is 33.1 Å². The highest BCUT2D eigenvalue weighted by Crippen LogP contribution is 2.53. The fourth-order valence-electron chi connectivity index (χ4n) is 2.84. The number of ether oxygens (including phenoxy) is 1. The quantitative estimate of drug-likeness (QED) is 0.489. The second-order valence-electron chi connectivity index (χ2n) is 7.28. The Balaban J connectivity index is 2.17. The van der Waals surface area contributed by atoms with Gasteiger partial charge in [0.15, 0.2) is 6.23 Å². The van der Waals surface area contributed by atoms with Crippen LogP contribution in [0, 0.1) is 5.92 Å². The number of H-pyrrole nitrogens is 1. The highest BCUT2D eigenvalue weighted by molar-refractivity contribution is 7.48. The molecule has 2 N–H and O–H groups in total. The Morgan fingerprint density at radius 1 is 1.27 bits per heavy atom. The van der Waals surface area contributed by atoms with Crippen molar-refractivity contribution in [2.45, 2.75) is 71.2 Å². The van der Waals surface area contributed by atoms with E-state index in [2.05, 4.69) is 0 Å². The molecular weight excluding hydrogens is 422 g/mol. The first-order valence-electron chi connectivity index (χ1n) is 9.96. The van der Waals surface area contributed by atoms with E-state index in [1.54, 1.807) is 13.8 Å².